The summed E-state index contributed by atoms with van der Waals surface area (Å²) in [6, 6.07) is 21.5. The molecule has 0 radical (unpaired) electrons. The molecule has 2 aromatic carbocycles. The summed E-state index contributed by atoms with van der Waals surface area (Å²) in [6.07, 6.45) is 8.97. The largest absolute Gasteiger partial charge is 0.256 e. The van der Waals surface area contributed by atoms with E-state index in [9.17, 15) is 0 Å². The van der Waals surface area contributed by atoms with Gasteiger partial charge in [-0.1, -0.05) is 42.5 Å². The van der Waals surface area contributed by atoms with Gasteiger partial charge in [-0.15, -0.1) is 0 Å². The highest BCUT2D eigenvalue weighted by molar-refractivity contribution is 8.32. The second-order valence-electron chi connectivity index (χ2n) is 6.61. The molecule has 118 valence electrons. The van der Waals surface area contributed by atoms with Crippen LogP contribution in [0.3, 0.4) is 0 Å². The number of benzene rings is 2. The average molecular weight is 321 g/mol. The van der Waals surface area contributed by atoms with Crippen molar-refractivity contribution in [2.24, 2.45) is 0 Å². The predicted molar refractivity (Wildman–Crippen MR) is 103 cm³/mol. The van der Waals surface area contributed by atoms with Gasteiger partial charge in [0.1, 0.15) is 0 Å². The second kappa shape index (κ2) is 6.21. The zero-order valence-electron chi connectivity index (χ0n) is 14.2. The van der Waals surface area contributed by atoms with Gasteiger partial charge in [0.05, 0.1) is 5.69 Å². The fourth-order valence-corrected chi connectivity index (χ4v) is 3.62. The molecule has 3 rings (SSSR count). The maximum atomic E-state index is 4.66. The molecule has 0 unspecified atom stereocenters. The van der Waals surface area contributed by atoms with Crippen molar-refractivity contribution in [3.63, 3.8) is 0 Å². The summed E-state index contributed by atoms with van der Waals surface area (Å²) >= 11 is 0. The monoisotopic (exact) mass is 321 g/mol. The predicted octanol–water partition coefficient (Wildman–Crippen LogP) is 5.78. The van der Waals surface area contributed by atoms with Crippen molar-refractivity contribution in [2.45, 2.75) is 11.8 Å². The number of nitrogens with zero attached hydrogens (tertiary/aromatic N) is 1. The molecule has 0 aliphatic heterocycles. The van der Waals surface area contributed by atoms with Crippen molar-refractivity contribution in [2.75, 3.05) is 18.8 Å². The molecule has 0 saturated heterocycles. The van der Waals surface area contributed by atoms with Gasteiger partial charge in [0.25, 0.3) is 0 Å². The molecule has 1 aromatic heterocycles. The number of hydrogen-bond donors (Lipinski definition) is 0. The molecule has 3 aromatic rings. The summed E-state index contributed by atoms with van der Waals surface area (Å²) in [7, 11) is -0.670. The van der Waals surface area contributed by atoms with Crippen LogP contribution in [0.5, 0.6) is 0 Å². The second-order valence-corrected chi connectivity index (χ2v) is 10.8. The standard InChI is InChI=1S/C21H23NS/c1-16-14-21(18-8-6-5-7-9-18)22-15-20(16)17-10-12-19(13-11-17)23(2,3)4/h5-15H,1-4H3. The number of rotatable bonds is 3. The van der Waals surface area contributed by atoms with Gasteiger partial charge >= 0.3 is 0 Å². The highest BCUT2D eigenvalue weighted by Gasteiger charge is 2.09. The van der Waals surface area contributed by atoms with Crippen molar-refractivity contribution in [1.29, 1.82) is 0 Å². The van der Waals surface area contributed by atoms with Crippen molar-refractivity contribution in [3.05, 3.63) is 72.4 Å². The van der Waals surface area contributed by atoms with Crippen molar-refractivity contribution in [3.8, 4) is 22.4 Å². The molecule has 0 aliphatic rings. The Morgan fingerprint density at radius 2 is 1.43 bits per heavy atom. The van der Waals surface area contributed by atoms with E-state index >= 15 is 0 Å². The van der Waals surface area contributed by atoms with Gasteiger partial charge in [-0.2, -0.15) is 0 Å². The van der Waals surface area contributed by atoms with E-state index in [0.717, 1.165) is 11.3 Å². The lowest BCUT2D eigenvalue weighted by molar-refractivity contribution is 1.28. The van der Waals surface area contributed by atoms with Gasteiger partial charge in [-0.3, -0.25) is 4.98 Å². The highest BCUT2D eigenvalue weighted by Crippen LogP contribution is 2.45. The molecule has 0 amide bonds. The van der Waals surface area contributed by atoms with Gasteiger partial charge < -0.3 is 0 Å². The molecule has 0 fully saturated rings. The first-order valence-corrected chi connectivity index (χ1v) is 10.6. The summed E-state index contributed by atoms with van der Waals surface area (Å²) in [5.74, 6) is 0. The Hall–Kier alpha value is -2.06. The maximum Gasteiger partial charge on any atom is 0.0705 e. The van der Waals surface area contributed by atoms with E-state index in [1.165, 1.54) is 21.6 Å². The van der Waals surface area contributed by atoms with Gasteiger partial charge in [-0.05, 0) is 59.9 Å². The minimum atomic E-state index is -0.670. The van der Waals surface area contributed by atoms with E-state index < -0.39 is 10.0 Å². The highest BCUT2D eigenvalue weighted by atomic mass is 32.3. The van der Waals surface area contributed by atoms with Crippen molar-refractivity contribution < 1.29 is 0 Å². The molecule has 0 saturated carbocycles. The summed E-state index contributed by atoms with van der Waals surface area (Å²) in [4.78, 5) is 6.10. The van der Waals surface area contributed by atoms with E-state index in [1.807, 2.05) is 24.4 Å². The third-order valence-electron chi connectivity index (χ3n) is 4.05. The smallest absolute Gasteiger partial charge is 0.0705 e. The topological polar surface area (TPSA) is 12.9 Å². The summed E-state index contributed by atoms with van der Waals surface area (Å²) in [5, 5.41) is 0. The Kier molecular flexibility index (Phi) is 4.27. The minimum Gasteiger partial charge on any atom is -0.256 e. The third-order valence-corrected chi connectivity index (χ3v) is 5.74. The quantitative estimate of drug-likeness (QED) is 0.596. The Labute approximate surface area is 140 Å². The molecule has 0 bridgehead atoms. The summed E-state index contributed by atoms with van der Waals surface area (Å²) < 4.78 is 0. The van der Waals surface area contributed by atoms with Crippen LogP contribution >= 0.6 is 10.0 Å². The lowest BCUT2D eigenvalue weighted by Crippen LogP contribution is -1.93. The Morgan fingerprint density at radius 3 is 2.00 bits per heavy atom. The van der Waals surface area contributed by atoms with Gasteiger partial charge in [-0.25, -0.2) is 10.0 Å². The number of hydrogen-bond acceptors (Lipinski definition) is 1. The number of pyridine rings is 1. The minimum absolute atomic E-state index is 0.670. The lowest BCUT2D eigenvalue weighted by atomic mass is 10.0. The molecule has 0 spiro atoms. The third kappa shape index (κ3) is 3.48. The van der Waals surface area contributed by atoms with Crippen LogP contribution in [-0.4, -0.2) is 23.8 Å². The van der Waals surface area contributed by atoms with Crippen molar-refractivity contribution in [1.82, 2.24) is 4.98 Å². The van der Waals surface area contributed by atoms with Crippen LogP contribution in [0, 0.1) is 6.92 Å². The molecule has 1 nitrogen and oxygen atoms in total. The molecular formula is C21H23NS. The summed E-state index contributed by atoms with van der Waals surface area (Å²) in [5.41, 5.74) is 5.90. The van der Waals surface area contributed by atoms with Gasteiger partial charge in [0, 0.05) is 17.3 Å². The van der Waals surface area contributed by atoms with Crippen LogP contribution in [-0.2, 0) is 0 Å². The van der Waals surface area contributed by atoms with Crippen LogP contribution in [0.25, 0.3) is 22.4 Å². The Balaban J connectivity index is 1.95. The number of aryl methyl sites for hydroxylation is 1. The fourth-order valence-electron chi connectivity index (χ4n) is 2.67. The van der Waals surface area contributed by atoms with E-state index in [-0.39, 0.29) is 0 Å². The van der Waals surface area contributed by atoms with E-state index in [1.54, 1.807) is 0 Å². The van der Waals surface area contributed by atoms with E-state index in [4.69, 9.17) is 0 Å². The molecule has 1 heterocycles. The van der Waals surface area contributed by atoms with Crippen LogP contribution < -0.4 is 0 Å². The van der Waals surface area contributed by atoms with Crippen LogP contribution in [0.2, 0.25) is 0 Å². The lowest BCUT2D eigenvalue weighted by Gasteiger charge is -2.25. The Bertz CT molecular complexity index is 799. The van der Waals surface area contributed by atoms with Crippen LogP contribution in [0.4, 0.5) is 0 Å². The first-order valence-electron chi connectivity index (χ1n) is 7.76. The number of aromatic nitrogens is 1. The van der Waals surface area contributed by atoms with E-state index in [2.05, 4.69) is 73.1 Å². The molecule has 0 N–H and O–H groups in total. The van der Waals surface area contributed by atoms with Gasteiger partial charge in [0.15, 0.2) is 0 Å². The molecular weight excluding hydrogens is 298 g/mol. The zero-order valence-corrected chi connectivity index (χ0v) is 15.0. The Morgan fingerprint density at radius 1 is 0.783 bits per heavy atom. The van der Waals surface area contributed by atoms with Crippen molar-refractivity contribution >= 4 is 10.0 Å². The van der Waals surface area contributed by atoms with Crippen LogP contribution in [0.15, 0.2) is 71.8 Å². The normalized spacial score (nSPS) is 12.2. The zero-order chi connectivity index (χ0) is 16.4. The molecule has 0 atom stereocenters. The molecule has 23 heavy (non-hydrogen) atoms. The fraction of sp³-hybridized carbons (Fsp3) is 0.190. The summed E-state index contributed by atoms with van der Waals surface area (Å²) in [6.45, 7) is 2.16. The maximum absolute atomic E-state index is 4.66. The van der Waals surface area contributed by atoms with Crippen LogP contribution in [0.1, 0.15) is 5.56 Å². The molecule has 0 aliphatic carbocycles. The van der Waals surface area contributed by atoms with Gasteiger partial charge in [0.2, 0.25) is 0 Å². The first-order chi connectivity index (χ1) is 10.9. The average Bonchev–Trinajstić information content (AvgIpc) is 2.55. The first kappa shape index (κ1) is 15.8. The SMILES string of the molecule is Cc1cc(-c2ccccc2)ncc1-c1ccc(S(C)(C)C)cc1. The molecule has 2 heteroatoms. The van der Waals surface area contributed by atoms with E-state index in [0.29, 0.717) is 0 Å².